The van der Waals surface area contributed by atoms with Gasteiger partial charge in [-0.1, -0.05) is 12.1 Å². The molecule has 3 nitrogen and oxygen atoms in total. The molecule has 3 heteroatoms. The summed E-state index contributed by atoms with van der Waals surface area (Å²) in [5.41, 5.74) is 5.92. The Bertz CT molecular complexity index is 608. The minimum atomic E-state index is 0.0814. The summed E-state index contributed by atoms with van der Waals surface area (Å²) in [4.78, 5) is 4.30. The highest BCUT2D eigenvalue weighted by Gasteiger charge is 2.19. The molecule has 106 valence electrons. The summed E-state index contributed by atoms with van der Waals surface area (Å²) >= 11 is 0. The second kappa shape index (κ2) is 6.06. The smallest absolute Gasteiger partial charge is 0.124 e. The van der Waals surface area contributed by atoms with Crippen molar-refractivity contribution in [3.05, 3.63) is 58.4 Å². The lowest BCUT2D eigenvalue weighted by Crippen LogP contribution is -2.20. The maximum Gasteiger partial charge on any atom is 0.124 e. The van der Waals surface area contributed by atoms with Gasteiger partial charge in [-0.3, -0.25) is 4.98 Å². The molecule has 0 bridgehead atoms. The van der Waals surface area contributed by atoms with Crippen LogP contribution in [0, 0.1) is 20.8 Å². The van der Waals surface area contributed by atoms with E-state index in [1.165, 1.54) is 16.7 Å². The topological polar surface area (TPSA) is 34.2 Å². The predicted octanol–water partition coefficient (Wildman–Crippen LogP) is 3.32. The minimum Gasteiger partial charge on any atom is -0.496 e. The lowest BCUT2D eigenvalue weighted by Gasteiger charge is -2.22. The fourth-order valence-corrected chi connectivity index (χ4v) is 2.69. The van der Waals surface area contributed by atoms with Crippen molar-refractivity contribution in [1.82, 2.24) is 10.3 Å². The number of nitrogens with zero attached hydrogens (tertiary/aromatic N) is 1. The molecule has 0 saturated carbocycles. The Morgan fingerprint density at radius 1 is 1.05 bits per heavy atom. The first-order valence-electron chi connectivity index (χ1n) is 6.80. The van der Waals surface area contributed by atoms with Crippen LogP contribution < -0.4 is 10.1 Å². The Morgan fingerprint density at radius 2 is 1.80 bits per heavy atom. The van der Waals surface area contributed by atoms with Crippen LogP contribution in [0.25, 0.3) is 0 Å². The fourth-order valence-electron chi connectivity index (χ4n) is 2.69. The highest BCUT2D eigenvalue weighted by atomic mass is 16.5. The van der Waals surface area contributed by atoms with Crippen molar-refractivity contribution < 1.29 is 4.74 Å². The van der Waals surface area contributed by atoms with Gasteiger partial charge in [-0.25, -0.2) is 0 Å². The maximum atomic E-state index is 5.58. The fraction of sp³-hybridized carbons (Fsp3) is 0.353. The van der Waals surface area contributed by atoms with Gasteiger partial charge < -0.3 is 10.1 Å². The van der Waals surface area contributed by atoms with Crippen molar-refractivity contribution in [2.24, 2.45) is 0 Å². The first-order chi connectivity index (χ1) is 9.56. The van der Waals surface area contributed by atoms with Crippen LogP contribution in [0.5, 0.6) is 5.75 Å². The lowest BCUT2D eigenvalue weighted by atomic mass is 9.93. The second-order valence-corrected chi connectivity index (χ2v) is 5.22. The van der Waals surface area contributed by atoms with E-state index < -0.39 is 0 Å². The third kappa shape index (κ3) is 2.83. The Balaban J connectivity index is 2.57. The molecular formula is C17H22N2O. The summed E-state index contributed by atoms with van der Waals surface area (Å²) in [5.74, 6) is 0.920. The Labute approximate surface area is 121 Å². The lowest BCUT2D eigenvalue weighted by molar-refractivity contribution is 0.404. The monoisotopic (exact) mass is 270 g/mol. The van der Waals surface area contributed by atoms with Gasteiger partial charge in [0.2, 0.25) is 0 Å². The van der Waals surface area contributed by atoms with Gasteiger partial charge in [-0.2, -0.15) is 0 Å². The van der Waals surface area contributed by atoms with E-state index in [0.29, 0.717) is 0 Å². The van der Waals surface area contributed by atoms with E-state index in [2.05, 4.69) is 49.3 Å². The van der Waals surface area contributed by atoms with Gasteiger partial charge in [0, 0.05) is 18.0 Å². The van der Waals surface area contributed by atoms with Crippen molar-refractivity contribution in [3.63, 3.8) is 0 Å². The van der Waals surface area contributed by atoms with Gasteiger partial charge in [0.1, 0.15) is 5.75 Å². The number of hydrogen-bond donors (Lipinski definition) is 1. The highest BCUT2D eigenvalue weighted by Crippen LogP contribution is 2.33. The normalized spacial score (nSPS) is 12.2. The first kappa shape index (κ1) is 14.5. The Morgan fingerprint density at radius 3 is 2.40 bits per heavy atom. The summed E-state index contributed by atoms with van der Waals surface area (Å²) in [5, 5.41) is 3.38. The van der Waals surface area contributed by atoms with Gasteiger partial charge >= 0.3 is 0 Å². The number of pyridine rings is 1. The molecular weight excluding hydrogens is 248 g/mol. The number of benzene rings is 1. The van der Waals surface area contributed by atoms with Crippen LogP contribution in [-0.4, -0.2) is 19.1 Å². The van der Waals surface area contributed by atoms with Crippen molar-refractivity contribution in [3.8, 4) is 5.75 Å². The molecule has 1 unspecified atom stereocenters. The standard InChI is InChI=1S/C17H22N2O/c1-11-6-13(3)16(15(8-11)20-5)17(18-4)14-7-12(2)9-19-10-14/h6-10,17-18H,1-5H3. The van der Waals surface area contributed by atoms with Gasteiger partial charge in [0.15, 0.2) is 0 Å². The van der Waals surface area contributed by atoms with Crippen LogP contribution in [0.1, 0.15) is 33.9 Å². The van der Waals surface area contributed by atoms with Gasteiger partial charge in [-0.05, 0) is 56.1 Å². The largest absolute Gasteiger partial charge is 0.496 e. The number of rotatable bonds is 4. The summed E-state index contributed by atoms with van der Waals surface area (Å²) in [6.45, 7) is 6.27. The zero-order valence-corrected chi connectivity index (χ0v) is 12.8. The number of ether oxygens (including phenoxy) is 1. The molecule has 0 aliphatic heterocycles. The molecule has 0 saturated heterocycles. The van der Waals surface area contributed by atoms with E-state index in [-0.39, 0.29) is 6.04 Å². The average Bonchev–Trinajstić information content (AvgIpc) is 2.41. The Hall–Kier alpha value is -1.87. The van der Waals surface area contributed by atoms with E-state index in [1.807, 2.05) is 19.4 Å². The first-order valence-corrected chi connectivity index (χ1v) is 6.80. The molecule has 1 N–H and O–H groups in total. The third-order valence-corrected chi connectivity index (χ3v) is 3.52. The number of nitrogens with one attached hydrogen (secondary N) is 1. The molecule has 20 heavy (non-hydrogen) atoms. The van der Waals surface area contributed by atoms with Gasteiger partial charge in [0.05, 0.1) is 13.2 Å². The van der Waals surface area contributed by atoms with E-state index >= 15 is 0 Å². The van der Waals surface area contributed by atoms with Crippen LogP contribution in [0.2, 0.25) is 0 Å². The number of aromatic nitrogens is 1. The van der Waals surface area contributed by atoms with E-state index in [0.717, 1.165) is 16.9 Å². The molecule has 0 fully saturated rings. The molecule has 0 aliphatic rings. The average molecular weight is 270 g/mol. The van der Waals surface area contributed by atoms with Crippen molar-refractivity contribution >= 4 is 0 Å². The van der Waals surface area contributed by atoms with Crippen LogP contribution in [0.3, 0.4) is 0 Å². The molecule has 1 aromatic heterocycles. The number of hydrogen-bond acceptors (Lipinski definition) is 3. The molecule has 0 spiro atoms. The predicted molar refractivity (Wildman–Crippen MR) is 82.3 cm³/mol. The molecule has 0 aliphatic carbocycles. The van der Waals surface area contributed by atoms with E-state index in [1.54, 1.807) is 7.11 Å². The summed E-state index contributed by atoms with van der Waals surface area (Å²) in [6.07, 6.45) is 3.78. The Kier molecular flexibility index (Phi) is 4.40. The number of methoxy groups -OCH3 is 1. The van der Waals surface area contributed by atoms with Crippen LogP contribution in [0.15, 0.2) is 30.6 Å². The molecule has 2 aromatic rings. The van der Waals surface area contributed by atoms with Crippen LogP contribution >= 0.6 is 0 Å². The van der Waals surface area contributed by atoms with Crippen molar-refractivity contribution in [2.45, 2.75) is 26.8 Å². The highest BCUT2D eigenvalue weighted by molar-refractivity contribution is 5.48. The van der Waals surface area contributed by atoms with Crippen LogP contribution in [0.4, 0.5) is 0 Å². The SMILES string of the molecule is CNC(c1cncc(C)c1)c1c(C)cc(C)cc1OC. The van der Waals surface area contributed by atoms with Gasteiger partial charge in [0.25, 0.3) is 0 Å². The second-order valence-electron chi connectivity index (χ2n) is 5.22. The molecule has 2 rings (SSSR count). The third-order valence-electron chi connectivity index (χ3n) is 3.52. The maximum absolute atomic E-state index is 5.58. The molecule has 0 amide bonds. The van der Waals surface area contributed by atoms with Crippen molar-refractivity contribution in [2.75, 3.05) is 14.2 Å². The summed E-state index contributed by atoms with van der Waals surface area (Å²) < 4.78 is 5.58. The molecule has 0 radical (unpaired) electrons. The summed E-state index contributed by atoms with van der Waals surface area (Å²) in [6, 6.07) is 6.51. The number of aryl methyl sites for hydroxylation is 3. The minimum absolute atomic E-state index is 0.0814. The van der Waals surface area contributed by atoms with E-state index in [4.69, 9.17) is 4.74 Å². The molecule has 1 heterocycles. The summed E-state index contributed by atoms with van der Waals surface area (Å²) in [7, 11) is 3.69. The zero-order chi connectivity index (χ0) is 14.7. The van der Waals surface area contributed by atoms with Crippen molar-refractivity contribution in [1.29, 1.82) is 0 Å². The molecule has 1 atom stereocenters. The van der Waals surface area contributed by atoms with E-state index in [9.17, 15) is 0 Å². The van der Waals surface area contributed by atoms with Crippen LogP contribution in [-0.2, 0) is 0 Å². The quantitative estimate of drug-likeness (QED) is 0.925. The zero-order valence-electron chi connectivity index (χ0n) is 12.8. The van der Waals surface area contributed by atoms with Gasteiger partial charge in [-0.15, -0.1) is 0 Å². The molecule has 1 aromatic carbocycles.